The van der Waals surface area contributed by atoms with E-state index in [4.69, 9.17) is 4.74 Å². The van der Waals surface area contributed by atoms with Crippen LogP contribution in [0.25, 0.3) is 0 Å². The number of benzene rings is 1. The largest absolute Gasteiger partial charge is 0.497 e. The van der Waals surface area contributed by atoms with Gasteiger partial charge in [-0.1, -0.05) is 12.1 Å². The normalized spacial score (nSPS) is 16.3. The van der Waals surface area contributed by atoms with E-state index in [9.17, 15) is 5.11 Å². The Morgan fingerprint density at radius 2 is 2.05 bits per heavy atom. The summed E-state index contributed by atoms with van der Waals surface area (Å²) in [6.07, 6.45) is 0. The van der Waals surface area contributed by atoms with Crippen molar-refractivity contribution in [3.63, 3.8) is 0 Å². The third-order valence-corrected chi connectivity index (χ3v) is 4.47. The highest BCUT2D eigenvalue weighted by molar-refractivity contribution is 7.99. The molecule has 1 unspecified atom stereocenters. The average molecular weight is 369 g/mol. The Kier molecular flexibility index (Phi) is 12.2. The zero-order valence-corrected chi connectivity index (χ0v) is 15.3. The molecule has 128 valence electrons. The summed E-state index contributed by atoms with van der Waals surface area (Å²) in [5.74, 6) is 3.28. The summed E-state index contributed by atoms with van der Waals surface area (Å²) >= 11 is 2.01. The van der Waals surface area contributed by atoms with Gasteiger partial charge in [-0.3, -0.25) is 0 Å². The molecule has 1 aromatic carbocycles. The molecule has 1 aliphatic heterocycles. The zero-order valence-electron chi connectivity index (χ0n) is 12.9. The number of hydrogen-bond donors (Lipinski definition) is 2. The summed E-state index contributed by atoms with van der Waals surface area (Å²) in [5.41, 5.74) is 1.18. The highest BCUT2D eigenvalue weighted by Crippen LogP contribution is 2.13. The maximum Gasteiger partial charge on any atom is 0.119 e. The van der Waals surface area contributed by atoms with Crippen LogP contribution in [0.5, 0.6) is 5.75 Å². The van der Waals surface area contributed by atoms with Gasteiger partial charge in [0, 0.05) is 43.7 Å². The molecule has 0 saturated carbocycles. The van der Waals surface area contributed by atoms with Crippen molar-refractivity contribution in [1.29, 1.82) is 0 Å². The SMILES string of the molecule is COc1cccc(CNC(CO)CN2CCSCC2)c1.Cl.Cl. The average Bonchev–Trinajstić information content (AvgIpc) is 2.52. The van der Waals surface area contributed by atoms with Gasteiger partial charge in [0.2, 0.25) is 0 Å². The molecular formula is C15H26Cl2N2O2S. The van der Waals surface area contributed by atoms with Crippen LogP contribution in [0.15, 0.2) is 24.3 Å². The molecule has 1 atom stereocenters. The molecule has 1 aromatic rings. The number of aliphatic hydroxyl groups excluding tert-OH is 1. The van der Waals surface area contributed by atoms with E-state index in [0.717, 1.165) is 31.9 Å². The molecule has 0 bridgehead atoms. The molecule has 0 amide bonds. The van der Waals surface area contributed by atoms with Crippen molar-refractivity contribution in [2.45, 2.75) is 12.6 Å². The number of thioether (sulfide) groups is 1. The van der Waals surface area contributed by atoms with Gasteiger partial charge < -0.3 is 20.1 Å². The van der Waals surface area contributed by atoms with Crippen molar-refractivity contribution >= 4 is 36.6 Å². The summed E-state index contributed by atoms with van der Waals surface area (Å²) in [4.78, 5) is 2.43. The number of nitrogens with one attached hydrogen (secondary N) is 1. The lowest BCUT2D eigenvalue weighted by Gasteiger charge is -2.30. The van der Waals surface area contributed by atoms with Crippen molar-refractivity contribution in [2.75, 3.05) is 44.9 Å². The minimum absolute atomic E-state index is 0. The molecule has 0 radical (unpaired) electrons. The van der Waals surface area contributed by atoms with E-state index in [-0.39, 0.29) is 37.5 Å². The third-order valence-electron chi connectivity index (χ3n) is 3.53. The second-order valence-electron chi connectivity index (χ2n) is 5.02. The molecule has 1 saturated heterocycles. The van der Waals surface area contributed by atoms with Crippen LogP contribution in [-0.2, 0) is 6.54 Å². The van der Waals surface area contributed by atoms with Crippen LogP contribution in [0, 0.1) is 0 Å². The highest BCUT2D eigenvalue weighted by Gasteiger charge is 2.15. The molecule has 0 spiro atoms. The Hall–Kier alpha value is -0.170. The van der Waals surface area contributed by atoms with Gasteiger partial charge in [0.1, 0.15) is 5.75 Å². The van der Waals surface area contributed by atoms with Gasteiger partial charge in [0.25, 0.3) is 0 Å². The number of halogens is 2. The van der Waals surface area contributed by atoms with Gasteiger partial charge >= 0.3 is 0 Å². The predicted molar refractivity (Wildman–Crippen MR) is 99.0 cm³/mol. The quantitative estimate of drug-likeness (QED) is 0.770. The van der Waals surface area contributed by atoms with E-state index in [0.29, 0.717) is 0 Å². The molecule has 1 heterocycles. The molecular weight excluding hydrogens is 343 g/mol. The fourth-order valence-electron chi connectivity index (χ4n) is 2.33. The lowest BCUT2D eigenvalue weighted by Crippen LogP contribution is -2.45. The van der Waals surface area contributed by atoms with Crippen LogP contribution < -0.4 is 10.1 Å². The number of rotatable bonds is 7. The van der Waals surface area contributed by atoms with Crippen LogP contribution in [0.3, 0.4) is 0 Å². The molecule has 7 heteroatoms. The standard InChI is InChI=1S/C15H24N2O2S.2ClH/c1-19-15-4-2-3-13(9-15)10-16-14(12-18)11-17-5-7-20-8-6-17;;/h2-4,9,14,16,18H,5-8,10-12H2,1H3;2*1H. The summed E-state index contributed by atoms with van der Waals surface area (Å²) in [6, 6.07) is 8.16. The maximum absolute atomic E-state index is 9.52. The van der Waals surface area contributed by atoms with Crippen LogP contribution in [0.4, 0.5) is 0 Å². The molecule has 1 fully saturated rings. The Bertz CT molecular complexity index is 407. The number of nitrogens with zero attached hydrogens (tertiary/aromatic N) is 1. The van der Waals surface area contributed by atoms with E-state index in [2.05, 4.69) is 16.3 Å². The van der Waals surface area contributed by atoms with Crippen molar-refractivity contribution in [3.05, 3.63) is 29.8 Å². The molecule has 0 aliphatic carbocycles. The predicted octanol–water partition coefficient (Wildman–Crippen LogP) is 2.04. The van der Waals surface area contributed by atoms with Gasteiger partial charge in [0.15, 0.2) is 0 Å². The third kappa shape index (κ3) is 7.40. The first kappa shape index (κ1) is 21.8. The molecule has 2 N–H and O–H groups in total. The number of hydrogen-bond acceptors (Lipinski definition) is 5. The zero-order chi connectivity index (χ0) is 14.2. The number of ether oxygens (including phenoxy) is 1. The lowest BCUT2D eigenvalue weighted by molar-refractivity contribution is 0.188. The van der Waals surface area contributed by atoms with Gasteiger partial charge in [-0.25, -0.2) is 0 Å². The summed E-state index contributed by atoms with van der Waals surface area (Å²) in [6.45, 7) is 4.10. The molecule has 22 heavy (non-hydrogen) atoms. The Morgan fingerprint density at radius 3 is 2.68 bits per heavy atom. The fourth-order valence-corrected chi connectivity index (χ4v) is 3.31. The fraction of sp³-hybridized carbons (Fsp3) is 0.600. The smallest absolute Gasteiger partial charge is 0.119 e. The highest BCUT2D eigenvalue weighted by atomic mass is 35.5. The van der Waals surface area contributed by atoms with E-state index in [1.54, 1.807) is 7.11 Å². The van der Waals surface area contributed by atoms with Crippen LogP contribution in [0.1, 0.15) is 5.56 Å². The van der Waals surface area contributed by atoms with E-state index in [1.165, 1.54) is 17.1 Å². The topological polar surface area (TPSA) is 44.7 Å². The van der Waals surface area contributed by atoms with Gasteiger partial charge in [-0.15, -0.1) is 24.8 Å². The summed E-state index contributed by atoms with van der Waals surface area (Å²) in [7, 11) is 1.68. The van der Waals surface area contributed by atoms with Crippen molar-refractivity contribution < 1.29 is 9.84 Å². The molecule has 4 nitrogen and oxygen atoms in total. The van der Waals surface area contributed by atoms with Crippen LogP contribution in [0.2, 0.25) is 0 Å². The van der Waals surface area contributed by atoms with E-state index >= 15 is 0 Å². The van der Waals surface area contributed by atoms with Crippen LogP contribution in [-0.4, -0.2) is 60.9 Å². The number of aliphatic hydroxyl groups is 1. The Morgan fingerprint density at radius 1 is 1.32 bits per heavy atom. The molecule has 1 aliphatic rings. The minimum atomic E-state index is 0. The van der Waals surface area contributed by atoms with Gasteiger partial charge in [0.05, 0.1) is 13.7 Å². The van der Waals surface area contributed by atoms with Gasteiger partial charge in [-0.2, -0.15) is 11.8 Å². The molecule has 0 aromatic heterocycles. The van der Waals surface area contributed by atoms with E-state index < -0.39 is 0 Å². The summed E-state index contributed by atoms with van der Waals surface area (Å²) < 4.78 is 5.22. The monoisotopic (exact) mass is 368 g/mol. The Labute approximate surface area is 149 Å². The maximum atomic E-state index is 9.52. The minimum Gasteiger partial charge on any atom is -0.497 e. The van der Waals surface area contributed by atoms with Crippen molar-refractivity contribution in [2.24, 2.45) is 0 Å². The van der Waals surface area contributed by atoms with Crippen molar-refractivity contribution in [1.82, 2.24) is 10.2 Å². The second kappa shape index (κ2) is 12.3. The van der Waals surface area contributed by atoms with E-state index in [1.807, 2.05) is 30.0 Å². The molecule has 2 rings (SSSR count). The number of methoxy groups -OCH3 is 1. The first-order chi connectivity index (χ1) is 9.81. The lowest BCUT2D eigenvalue weighted by atomic mass is 10.2. The van der Waals surface area contributed by atoms with Crippen molar-refractivity contribution in [3.8, 4) is 5.75 Å². The second-order valence-corrected chi connectivity index (χ2v) is 6.25. The summed E-state index contributed by atoms with van der Waals surface area (Å²) in [5, 5.41) is 12.9. The first-order valence-corrected chi connectivity index (χ1v) is 8.24. The van der Waals surface area contributed by atoms with Crippen LogP contribution >= 0.6 is 36.6 Å². The van der Waals surface area contributed by atoms with Gasteiger partial charge in [-0.05, 0) is 17.7 Å². The Balaban J connectivity index is 0.00000220. The first-order valence-electron chi connectivity index (χ1n) is 7.09.